The molecule has 5 rings (SSSR count). The summed E-state index contributed by atoms with van der Waals surface area (Å²) in [6.45, 7) is 1.58. The van der Waals surface area contributed by atoms with E-state index in [1.807, 2.05) is 59.0 Å². The number of carbonyl (C=O) groups excluding carboxylic acids is 1. The van der Waals surface area contributed by atoms with Crippen molar-refractivity contribution >= 4 is 44.5 Å². The maximum Gasteiger partial charge on any atom is 0.272 e. The minimum atomic E-state index is -0.0446. The topological polar surface area (TPSA) is 72.3 Å². The number of ether oxygens (including phenoxy) is 1. The van der Waals surface area contributed by atoms with Crippen LogP contribution in [0.1, 0.15) is 23.3 Å². The number of nitrogens with zero attached hydrogens (tertiary/aromatic N) is 4. The Labute approximate surface area is 194 Å². The molecule has 162 valence electrons. The number of aryl methyl sites for hydroxylation is 1. The zero-order chi connectivity index (χ0) is 22.1. The van der Waals surface area contributed by atoms with Gasteiger partial charge in [0.25, 0.3) is 5.91 Å². The first kappa shape index (κ1) is 20.5. The quantitative estimate of drug-likeness (QED) is 0.398. The van der Waals surface area contributed by atoms with Gasteiger partial charge < -0.3 is 19.5 Å². The van der Waals surface area contributed by atoms with Gasteiger partial charge in [-0.25, -0.2) is 4.98 Å². The summed E-state index contributed by atoms with van der Waals surface area (Å²) in [5.74, 6) is 1.92. The summed E-state index contributed by atoms with van der Waals surface area (Å²) < 4.78 is 9.06. The number of nitrogens with one attached hydrogen (secondary N) is 1. The van der Waals surface area contributed by atoms with Gasteiger partial charge in [-0.3, -0.25) is 9.78 Å². The molecule has 1 aliphatic heterocycles. The van der Waals surface area contributed by atoms with Crippen LogP contribution >= 0.6 is 15.9 Å². The van der Waals surface area contributed by atoms with Gasteiger partial charge in [0.15, 0.2) is 0 Å². The number of likely N-dealkylation sites (tertiary alicyclic amines) is 1. The normalized spacial score (nSPS) is 13.5. The maximum absolute atomic E-state index is 12.6. The van der Waals surface area contributed by atoms with Crippen molar-refractivity contribution in [3.05, 3.63) is 71.0 Å². The average molecular weight is 492 g/mol. The number of benzene rings is 2. The Balaban J connectivity index is 1.36. The summed E-state index contributed by atoms with van der Waals surface area (Å²) in [5.41, 5.74) is 3.16. The standard InChI is InChI=1S/C24H22BrN5O2/c1-29-22-9-8-18(14-20(22)28-24(29)27-17-6-4-16(25)5-7-17)32-19-10-11-26-21(15-19)23(31)30-12-2-3-13-30/h4-11,14-15H,2-3,12-13H2,1H3,(H,27,28). The lowest BCUT2D eigenvalue weighted by atomic mass is 10.3. The molecule has 0 atom stereocenters. The molecule has 1 fully saturated rings. The summed E-state index contributed by atoms with van der Waals surface area (Å²) >= 11 is 3.45. The van der Waals surface area contributed by atoms with Crippen LogP contribution in [0.25, 0.3) is 11.0 Å². The van der Waals surface area contributed by atoms with E-state index in [4.69, 9.17) is 9.72 Å². The van der Waals surface area contributed by atoms with Gasteiger partial charge in [0.05, 0.1) is 11.0 Å². The number of hydrogen-bond acceptors (Lipinski definition) is 5. The molecule has 1 N–H and O–H groups in total. The second kappa shape index (κ2) is 8.63. The zero-order valence-corrected chi connectivity index (χ0v) is 19.2. The van der Waals surface area contributed by atoms with E-state index in [0.29, 0.717) is 17.2 Å². The Kier molecular flexibility index (Phi) is 5.53. The number of anilines is 2. The minimum Gasteiger partial charge on any atom is -0.457 e. The number of halogens is 1. The number of amides is 1. The lowest BCUT2D eigenvalue weighted by Crippen LogP contribution is -2.28. The SMILES string of the molecule is Cn1c(Nc2ccc(Br)cc2)nc2cc(Oc3ccnc(C(=O)N4CCCC4)c3)ccc21. The van der Waals surface area contributed by atoms with E-state index in [2.05, 4.69) is 26.2 Å². The van der Waals surface area contributed by atoms with Gasteiger partial charge in [0, 0.05) is 48.6 Å². The lowest BCUT2D eigenvalue weighted by Gasteiger charge is -2.15. The molecule has 2 aromatic heterocycles. The fourth-order valence-corrected chi connectivity index (χ4v) is 4.09. The number of fused-ring (bicyclic) bond motifs is 1. The van der Waals surface area contributed by atoms with Crippen LogP contribution in [0.2, 0.25) is 0 Å². The molecular weight excluding hydrogens is 470 g/mol. The van der Waals surface area contributed by atoms with Crippen LogP contribution in [0, 0.1) is 0 Å². The van der Waals surface area contributed by atoms with Crippen LogP contribution in [-0.2, 0) is 7.05 Å². The highest BCUT2D eigenvalue weighted by Gasteiger charge is 2.21. The molecule has 0 radical (unpaired) electrons. The summed E-state index contributed by atoms with van der Waals surface area (Å²) in [5, 5.41) is 3.34. The lowest BCUT2D eigenvalue weighted by molar-refractivity contribution is 0.0786. The number of carbonyl (C=O) groups is 1. The number of imidazole rings is 1. The Morgan fingerprint density at radius 2 is 1.78 bits per heavy atom. The summed E-state index contributed by atoms with van der Waals surface area (Å²) in [6, 6.07) is 17.2. The molecule has 32 heavy (non-hydrogen) atoms. The van der Waals surface area contributed by atoms with Crippen LogP contribution in [0.15, 0.2) is 65.3 Å². The maximum atomic E-state index is 12.6. The van der Waals surface area contributed by atoms with Crippen molar-refractivity contribution in [3.63, 3.8) is 0 Å². The minimum absolute atomic E-state index is 0.0446. The van der Waals surface area contributed by atoms with E-state index >= 15 is 0 Å². The molecule has 2 aromatic carbocycles. The van der Waals surface area contributed by atoms with E-state index in [0.717, 1.165) is 53.1 Å². The molecule has 8 heteroatoms. The predicted molar refractivity (Wildman–Crippen MR) is 128 cm³/mol. The third-order valence-corrected chi connectivity index (χ3v) is 6.06. The predicted octanol–water partition coefficient (Wildman–Crippen LogP) is 5.50. The average Bonchev–Trinajstić information content (AvgIpc) is 3.44. The van der Waals surface area contributed by atoms with Crippen LogP contribution < -0.4 is 10.1 Å². The van der Waals surface area contributed by atoms with Gasteiger partial charge in [0.2, 0.25) is 5.95 Å². The molecule has 1 aliphatic rings. The number of rotatable bonds is 5. The van der Waals surface area contributed by atoms with Crippen molar-refractivity contribution < 1.29 is 9.53 Å². The number of pyridine rings is 1. The van der Waals surface area contributed by atoms with Gasteiger partial charge in [-0.2, -0.15) is 0 Å². The third kappa shape index (κ3) is 4.18. The van der Waals surface area contributed by atoms with Gasteiger partial charge in [-0.1, -0.05) is 15.9 Å². The van der Waals surface area contributed by atoms with Gasteiger partial charge in [-0.05, 0) is 55.3 Å². The Hall–Kier alpha value is -3.39. The van der Waals surface area contributed by atoms with Crippen molar-refractivity contribution in [1.29, 1.82) is 0 Å². The summed E-state index contributed by atoms with van der Waals surface area (Å²) in [7, 11) is 1.97. The largest absolute Gasteiger partial charge is 0.457 e. The Morgan fingerprint density at radius 1 is 1.03 bits per heavy atom. The first-order chi connectivity index (χ1) is 15.6. The highest BCUT2D eigenvalue weighted by molar-refractivity contribution is 9.10. The van der Waals surface area contributed by atoms with E-state index in [1.165, 1.54) is 0 Å². The van der Waals surface area contributed by atoms with Crippen LogP contribution in [0.3, 0.4) is 0 Å². The molecule has 0 saturated carbocycles. The molecule has 0 bridgehead atoms. The van der Waals surface area contributed by atoms with Crippen LogP contribution in [0.4, 0.5) is 11.6 Å². The van der Waals surface area contributed by atoms with Crippen molar-refractivity contribution in [2.45, 2.75) is 12.8 Å². The fourth-order valence-electron chi connectivity index (χ4n) is 3.83. The highest BCUT2D eigenvalue weighted by Crippen LogP contribution is 2.28. The van der Waals surface area contributed by atoms with Gasteiger partial charge in [0.1, 0.15) is 17.2 Å². The number of hydrogen-bond donors (Lipinski definition) is 1. The molecule has 7 nitrogen and oxygen atoms in total. The van der Waals surface area contributed by atoms with Crippen molar-refractivity contribution in [1.82, 2.24) is 19.4 Å². The molecular formula is C24H22BrN5O2. The van der Waals surface area contributed by atoms with Gasteiger partial charge >= 0.3 is 0 Å². The van der Waals surface area contributed by atoms with Crippen molar-refractivity contribution in [2.75, 3.05) is 18.4 Å². The van der Waals surface area contributed by atoms with Crippen LogP contribution in [0.5, 0.6) is 11.5 Å². The number of aromatic nitrogens is 3. The monoisotopic (exact) mass is 491 g/mol. The van der Waals surface area contributed by atoms with E-state index in [-0.39, 0.29) is 5.91 Å². The summed E-state index contributed by atoms with van der Waals surface area (Å²) in [4.78, 5) is 23.4. The smallest absolute Gasteiger partial charge is 0.272 e. The third-order valence-electron chi connectivity index (χ3n) is 5.53. The molecule has 4 aromatic rings. The molecule has 0 aliphatic carbocycles. The zero-order valence-electron chi connectivity index (χ0n) is 17.6. The van der Waals surface area contributed by atoms with Crippen LogP contribution in [-0.4, -0.2) is 38.4 Å². The molecule has 0 unspecified atom stereocenters. The second-order valence-electron chi connectivity index (χ2n) is 7.75. The molecule has 1 amide bonds. The van der Waals surface area contributed by atoms with E-state index in [9.17, 15) is 4.79 Å². The Morgan fingerprint density at radius 3 is 2.56 bits per heavy atom. The second-order valence-corrected chi connectivity index (χ2v) is 8.67. The van der Waals surface area contributed by atoms with Gasteiger partial charge in [-0.15, -0.1) is 0 Å². The van der Waals surface area contributed by atoms with E-state index in [1.54, 1.807) is 18.3 Å². The first-order valence-electron chi connectivity index (χ1n) is 10.5. The molecule has 1 saturated heterocycles. The fraction of sp³-hybridized carbons (Fsp3) is 0.208. The van der Waals surface area contributed by atoms with Crippen molar-refractivity contribution in [3.8, 4) is 11.5 Å². The van der Waals surface area contributed by atoms with E-state index < -0.39 is 0 Å². The Bertz CT molecular complexity index is 1280. The first-order valence-corrected chi connectivity index (χ1v) is 11.3. The molecule has 3 heterocycles. The highest BCUT2D eigenvalue weighted by atomic mass is 79.9. The summed E-state index contributed by atoms with van der Waals surface area (Å²) in [6.07, 6.45) is 3.70. The molecule has 0 spiro atoms. The van der Waals surface area contributed by atoms with Crippen molar-refractivity contribution in [2.24, 2.45) is 7.05 Å².